The fourth-order valence-corrected chi connectivity index (χ4v) is 4.19. The number of aromatic amines is 1. The quantitative estimate of drug-likeness (QED) is 0.884. The minimum atomic E-state index is -0.377. The van der Waals surface area contributed by atoms with Crippen molar-refractivity contribution in [3.63, 3.8) is 0 Å². The summed E-state index contributed by atoms with van der Waals surface area (Å²) in [5.41, 5.74) is -0.262. The molecule has 0 spiro atoms. The van der Waals surface area contributed by atoms with Gasteiger partial charge in [-0.3, -0.25) is 19.6 Å². The van der Waals surface area contributed by atoms with Gasteiger partial charge >= 0.3 is 0 Å². The fraction of sp³-hybridized carbons (Fsp3) is 0.647. The molecular formula is C17H24N6O2. The van der Waals surface area contributed by atoms with Crippen LogP contribution in [-0.2, 0) is 0 Å². The Hall–Kier alpha value is -2.22. The molecule has 5 heterocycles. The van der Waals surface area contributed by atoms with Crippen LogP contribution < -0.4 is 5.56 Å². The number of fused-ring (bicyclic) bond motifs is 5. The molecule has 134 valence electrons. The van der Waals surface area contributed by atoms with Gasteiger partial charge in [0.25, 0.3) is 17.2 Å². The summed E-state index contributed by atoms with van der Waals surface area (Å²) in [7, 11) is 0. The molecule has 0 saturated carbocycles. The molecular weight excluding hydrogens is 320 g/mol. The molecule has 3 saturated heterocycles. The summed E-state index contributed by atoms with van der Waals surface area (Å²) in [6, 6.07) is 0.400. The average molecular weight is 344 g/mol. The summed E-state index contributed by atoms with van der Waals surface area (Å²) in [5, 5.41) is 2.84. The van der Waals surface area contributed by atoms with Crippen molar-refractivity contribution in [2.24, 2.45) is 5.92 Å². The van der Waals surface area contributed by atoms with Gasteiger partial charge in [0.15, 0.2) is 0 Å². The van der Waals surface area contributed by atoms with Crippen molar-refractivity contribution in [1.82, 2.24) is 29.4 Å². The molecule has 0 aromatic carbocycles. The van der Waals surface area contributed by atoms with E-state index in [-0.39, 0.29) is 17.0 Å². The third kappa shape index (κ3) is 2.84. The third-order valence-corrected chi connectivity index (χ3v) is 5.34. The van der Waals surface area contributed by atoms with Gasteiger partial charge in [-0.2, -0.15) is 9.50 Å². The van der Waals surface area contributed by atoms with Gasteiger partial charge in [-0.1, -0.05) is 6.92 Å². The van der Waals surface area contributed by atoms with E-state index in [1.807, 2.05) is 4.90 Å². The van der Waals surface area contributed by atoms with Crippen molar-refractivity contribution in [3.8, 4) is 0 Å². The monoisotopic (exact) mass is 344 g/mol. The second kappa shape index (κ2) is 6.25. The zero-order valence-electron chi connectivity index (χ0n) is 14.7. The first-order chi connectivity index (χ1) is 12.1. The molecule has 8 nitrogen and oxygen atoms in total. The summed E-state index contributed by atoms with van der Waals surface area (Å²) >= 11 is 0. The van der Waals surface area contributed by atoms with Crippen LogP contribution in [0.15, 0.2) is 11.0 Å². The van der Waals surface area contributed by atoms with Gasteiger partial charge in [-0.25, -0.2) is 4.98 Å². The predicted molar refractivity (Wildman–Crippen MR) is 92.6 cm³/mol. The van der Waals surface area contributed by atoms with E-state index >= 15 is 0 Å². The van der Waals surface area contributed by atoms with Crippen molar-refractivity contribution in [2.45, 2.75) is 39.2 Å². The first kappa shape index (κ1) is 16.3. The summed E-state index contributed by atoms with van der Waals surface area (Å²) in [6.45, 7) is 7.49. The Morgan fingerprint density at radius 1 is 1.32 bits per heavy atom. The molecule has 0 unspecified atom stereocenters. The number of nitrogens with one attached hydrogen (secondary N) is 1. The Morgan fingerprint density at radius 2 is 2.16 bits per heavy atom. The summed E-state index contributed by atoms with van der Waals surface area (Å²) in [6.07, 6.45) is 4.78. The highest BCUT2D eigenvalue weighted by Crippen LogP contribution is 2.28. The van der Waals surface area contributed by atoms with Gasteiger partial charge < -0.3 is 4.90 Å². The molecule has 25 heavy (non-hydrogen) atoms. The molecule has 5 rings (SSSR count). The molecule has 8 heteroatoms. The van der Waals surface area contributed by atoms with Crippen molar-refractivity contribution >= 4 is 11.7 Å². The standard InChI is InChI=1S/C17H24N6O2/c1-3-6-21-8-12-4-5-13(21)10-22(9-12)15(24)14-7-18-17-19-11(2)20-23(17)16(14)25/h7,12-13H,3-6,8-10H2,1-2H3,(H,18,19,20)/t12-,13-/m0/s1. The lowest BCUT2D eigenvalue weighted by molar-refractivity contribution is 0.0735. The Bertz CT molecular complexity index is 856. The fourth-order valence-electron chi connectivity index (χ4n) is 4.19. The number of nitrogens with zero attached hydrogens (tertiary/aromatic N) is 5. The Morgan fingerprint density at radius 3 is 2.96 bits per heavy atom. The highest BCUT2D eigenvalue weighted by atomic mass is 16.2. The molecule has 3 aliphatic heterocycles. The lowest BCUT2D eigenvalue weighted by Gasteiger charge is -2.35. The van der Waals surface area contributed by atoms with Crippen molar-refractivity contribution in [2.75, 3.05) is 26.2 Å². The minimum absolute atomic E-state index is 0.115. The van der Waals surface area contributed by atoms with E-state index in [1.165, 1.54) is 10.7 Å². The lowest BCUT2D eigenvalue weighted by atomic mass is 9.95. The van der Waals surface area contributed by atoms with Gasteiger partial charge in [0.1, 0.15) is 11.4 Å². The van der Waals surface area contributed by atoms with E-state index in [9.17, 15) is 9.59 Å². The average Bonchev–Trinajstić information content (AvgIpc) is 2.77. The van der Waals surface area contributed by atoms with Crippen molar-refractivity contribution in [3.05, 3.63) is 27.9 Å². The molecule has 0 radical (unpaired) electrons. The third-order valence-electron chi connectivity index (χ3n) is 5.34. The van der Waals surface area contributed by atoms with Crippen LogP contribution >= 0.6 is 0 Å². The number of aromatic nitrogens is 4. The number of hydrogen-bond donors (Lipinski definition) is 1. The van der Waals surface area contributed by atoms with Crippen LogP contribution in [0.25, 0.3) is 5.78 Å². The molecule has 3 aliphatic rings. The maximum Gasteiger partial charge on any atom is 0.286 e. The SMILES string of the molecule is CCCN1C[C@@H]2CC[C@H]1CN(C(=O)c1cnc3nc(C)[nH]n3c1=O)C2. The summed E-state index contributed by atoms with van der Waals surface area (Å²) in [5.74, 6) is 1.17. The maximum absolute atomic E-state index is 13.0. The zero-order valence-corrected chi connectivity index (χ0v) is 14.7. The number of aryl methyl sites for hydroxylation is 1. The number of H-pyrrole nitrogens is 1. The van der Waals surface area contributed by atoms with E-state index in [2.05, 4.69) is 26.9 Å². The highest BCUT2D eigenvalue weighted by Gasteiger charge is 2.36. The second-order valence-corrected chi connectivity index (χ2v) is 7.22. The van der Waals surface area contributed by atoms with Crippen LogP contribution in [0.2, 0.25) is 0 Å². The lowest BCUT2D eigenvalue weighted by Crippen LogP contribution is -2.45. The molecule has 3 fully saturated rings. The van der Waals surface area contributed by atoms with Gasteiger partial charge in [-0.15, -0.1) is 0 Å². The van der Waals surface area contributed by atoms with Gasteiger partial charge in [0, 0.05) is 31.9 Å². The van der Waals surface area contributed by atoms with Crippen LogP contribution in [-0.4, -0.2) is 67.5 Å². The normalized spacial score (nSPS) is 24.0. The first-order valence-electron chi connectivity index (χ1n) is 9.04. The Kier molecular flexibility index (Phi) is 4.07. The molecule has 2 aromatic rings. The molecule has 2 atom stereocenters. The van der Waals surface area contributed by atoms with E-state index in [0.717, 1.165) is 38.9 Å². The molecule has 2 bridgehead atoms. The summed E-state index contributed by atoms with van der Waals surface area (Å²) in [4.78, 5) is 38.3. The van der Waals surface area contributed by atoms with Crippen LogP contribution in [0.4, 0.5) is 0 Å². The van der Waals surface area contributed by atoms with Crippen LogP contribution in [0.5, 0.6) is 0 Å². The van der Waals surface area contributed by atoms with Gasteiger partial charge in [0.05, 0.1) is 0 Å². The molecule has 2 aromatic heterocycles. The smallest absolute Gasteiger partial charge is 0.286 e. The Labute approximate surface area is 145 Å². The van der Waals surface area contributed by atoms with E-state index in [1.54, 1.807) is 6.92 Å². The largest absolute Gasteiger partial charge is 0.337 e. The van der Waals surface area contributed by atoms with Crippen molar-refractivity contribution < 1.29 is 4.79 Å². The molecule has 1 amide bonds. The predicted octanol–water partition coefficient (Wildman–Crippen LogP) is 0.672. The topological polar surface area (TPSA) is 86.6 Å². The van der Waals surface area contributed by atoms with Crippen LogP contribution in [0.3, 0.4) is 0 Å². The number of carbonyl (C=O) groups is 1. The van der Waals surface area contributed by atoms with Crippen molar-refractivity contribution in [1.29, 1.82) is 0 Å². The minimum Gasteiger partial charge on any atom is -0.337 e. The van der Waals surface area contributed by atoms with E-state index in [0.29, 0.717) is 30.1 Å². The van der Waals surface area contributed by atoms with Crippen LogP contribution in [0.1, 0.15) is 42.4 Å². The number of rotatable bonds is 3. The number of carbonyl (C=O) groups excluding carboxylic acids is 1. The number of piperidine rings is 1. The highest BCUT2D eigenvalue weighted by molar-refractivity contribution is 5.93. The number of amides is 1. The second-order valence-electron chi connectivity index (χ2n) is 7.22. The first-order valence-corrected chi connectivity index (χ1v) is 9.04. The number of hydrogen-bond acceptors (Lipinski definition) is 5. The van der Waals surface area contributed by atoms with E-state index in [4.69, 9.17) is 0 Å². The van der Waals surface area contributed by atoms with Gasteiger partial charge in [0.2, 0.25) is 0 Å². The molecule has 0 aliphatic carbocycles. The zero-order chi connectivity index (χ0) is 17.6. The maximum atomic E-state index is 13.0. The molecule has 1 N–H and O–H groups in total. The van der Waals surface area contributed by atoms with Gasteiger partial charge in [-0.05, 0) is 38.6 Å². The van der Waals surface area contributed by atoms with E-state index < -0.39 is 0 Å². The Balaban J connectivity index is 1.63. The summed E-state index contributed by atoms with van der Waals surface area (Å²) < 4.78 is 1.25. The van der Waals surface area contributed by atoms with Crippen LogP contribution in [0, 0.1) is 12.8 Å².